The first-order chi connectivity index (χ1) is 17.6. The molecule has 37 heavy (non-hydrogen) atoms. The molecule has 2 saturated heterocycles. The molecule has 4 N–H and O–H groups in total. The van der Waals surface area contributed by atoms with Crippen LogP contribution in [0.5, 0.6) is 0 Å². The van der Waals surface area contributed by atoms with Crippen LogP contribution in [0.15, 0.2) is 23.6 Å². The number of anilines is 1. The van der Waals surface area contributed by atoms with Crippen LogP contribution in [0.3, 0.4) is 0 Å². The van der Waals surface area contributed by atoms with Crippen LogP contribution < -0.4 is 5.73 Å². The number of rotatable bonds is 5. The third-order valence-electron chi connectivity index (χ3n) is 7.15. The van der Waals surface area contributed by atoms with Crippen LogP contribution in [0.2, 0.25) is 0 Å². The molecule has 6 rings (SSSR count). The number of nitrogen functional groups attached to an aromatic ring is 1. The number of aromatic amines is 1. The number of amides is 1. The highest BCUT2D eigenvalue weighted by Gasteiger charge is 2.46. The molecule has 0 saturated carbocycles. The van der Waals surface area contributed by atoms with Crippen molar-refractivity contribution in [2.24, 2.45) is 0 Å². The Bertz CT molecular complexity index is 1600. The van der Waals surface area contributed by atoms with Gasteiger partial charge in [0, 0.05) is 30.5 Å². The standard InChI is InChI=1S/C22H25N9O4S2/c1-10(32)21-24-8-15(36-21)14-7-27-31-18(23)17(37(2,34)35)16(28-20(14)31)11-5-12-3-4-13(6-11)30(12)22(33)19-25-9-26-29-19/h7-13,32H,3-6,23H2,1-2H3,(H,25,26,29)/t10?,11-,12-,13+. The van der Waals surface area contributed by atoms with Crippen molar-refractivity contribution in [3.63, 3.8) is 0 Å². The minimum atomic E-state index is -3.74. The molecule has 2 fully saturated rings. The zero-order valence-electron chi connectivity index (χ0n) is 20.1. The van der Waals surface area contributed by atoms with Gasteiger partial charge in [0.1, 0.15) is 28.2 Å². The summed E-state index contributed by atoms with van der Waals surface area (Å²) in [5.74, 6) is -0.222. The Morgan fingerprint density at radius 1 is 1.27 bits per heavy atom. The lowest BCUT2D eigenvalue weighted by atomic mass is 9.87. The van der Waals surface area contributed by atoms with E-state index >= 15 is 0 Å². The topological polar surface area (TPSA) is 185 Å². The molecule has 1 unspecified atom stereocenters. The molecular weight excluding hydrogens is 518 g/mol. The van der Waals surface area contributed by atoms with Crippen LogP contribution in [0.1, 0.15) is 65.9 Å². The number of carbonyl (C=O) groups is 1. The summed E-state index contributed by atoms with van der Waals surface area (Å²) in [6.07, 6.45) is 7.73. The fourth-order valence-corrected chi connectivity index (χ4v) is 7.54. The summed E-state index contributed by atoms with van der Waals surface area (Å²) < 4.78 is 27.2. The Balaban J connectivity index is 1.44. The van der Waals surface area contributed by atoms with Gasteiger partial charge in [-0.05, 0) is 32.6 Å². The number of thiazole rings is 1. The van der Waals surface area contributed by atoms with Gasteiger partial charge < -0.3 is 20.7 Å². The number of nitrogens with two attached hydrogens (primary N) is 1. The summed E-state index contributed by atoms with van der Waals surface area (Å²) in [5, 5.41) is 22.4. The Morgan fingerprint density at radius 3 is 2.59 bits per heavy atom. The zero-order valence-corrected chi connectivity index (χ0v) is 21.7. The van der Waals surface area contributed by atoms with E-state index in [0.29, 0.717) is 34.8 Å². The number of nitrogens with one attached hydrogen (secondary N) is 1. The predicted molar refractivity (Wildman–Crippen MR) is 134 cm³/mol. The van der Waals surface area contributed by atoms with Gasteiger partial charge in [-0.3, -0.25) is 4.79 Å². The van der Waals surface area contributed by atoms with Gasteiger partial charge in [0.2, 0.25) is 5.82 Å². The zero-order chi connectivity index (χ0) is 26.1. The Labute approximate surface area is 215 Å². The summed E-state index contributed by atoms with van der Waals surface area (Å²) >= 11 is 1.31. The van der Waals surface area contributed by atoms with Crippen molar-refractivity contribution >= 4 is 38.5 Å². The predicted octanol–water partition coefficient (Wildman–Crippen LogP) is 1.56. The largest absolute Gasteiger partial charge is 0.386 e. The monoisotopic (exact) mass is 543 g/mol. The number of H-pyrrole nitrogens is 1. The Kier molecular flexibility index (Phi) is 5.54. The first kappa shape index (κ1) is 23.9. The summed E-state index contributed by atoms with van der Waals surface area (Å²) in [6, 6.07) is -0.153. The fraction of sp³-hybridized carbons (Fsp3) is 0.455. The fourth-order valence-electron chi connectivity index (χ4n) is 5.62. The van der Waals surface area contributed by atoms with Gasteiger partial charge in [0.05, 0.1) is 22.3 Å². The highest BCUT2D eigenvalue weighted by molar-refractivity contribution is 7.91. The molecule has 13 nitrogen and oxygen atoms in total. The van der Waals surface area contributed by atoms with E-state index in [-0.39, 0.29) is 40.4 Å². The van der Waals surface area contributed by atoms with Gasteiger partial charge in [0.15, 0.2) is 15.5 Å². The lowest BCUT2D eigenvalue weighted by Gasteiger charge is -2.38. The highest BCUT2D eigenvalue weighted by Crippen LogP contribution is 2.46. The molecule has 194 valence electrons. The molecule has 6 heterocycles. The molecule has 2 bridgehead atoms. The minimum Gasteiger partial charge on any atom is -0.386 e. The number of hydrogen-bond donors (Lipinski definition) is 3. The van der Waals surface area contributed by atoms with Crippen molar-refractivity contribution in [3.8, 4) is 10.4 Å². The molecule has 4 aromatic heterocycles. The maximum absolute atomic E-state index is 13.1. The van der Waals surface area contributed by atoms with Crippen LogP contribution in [-0.4, -0.2) is 77.4 Å². The molecule has 0 spiro atoms. The Morgan fingerprint density at radius 2 is 2.00 bits per heavy atom. The first-order valence-electron chi connectivity index (χ1n) is 11.8. The number of aliphatic hydroxyl groups excluding tert-OH is 1. The van der Waals surface area contributed by atoms with Crippen molar-refractivity contribution in [3.05, 3.63) is 35.2 Å². The van der Waals surface area contributed by atoms with Crippen molar-refractivity contribution in [1.82, 2.24) is 39.7 Å². The Hall–Kier alpha value is -3.43. The molecule has 0 aromatic carbocycles. The highest BCUT2D eigenvalue weighted by atomic mass is 32.2. The molecule has 15 heteroatoms. The molecule has 2 aliphatic heterocycles. The summed E-state index contributed by atoms with van der Waals surface area (Å²) in [4.78, 5) is 27.5. The van der Waals surface area contributed by atoms with Crippen molar-refractivity contribution in [1.29, 1.82) is 0 Å². The van der Waals surface area contributed by atoms with Crippen molar-refractivity contribution in [2.75, 3.05) is 12.0 Å². The molecular formula is C22H25N9O4S2. The number of sulfone groups is 1. The number of piperidine rings is 1. The number of fused-ring (bicyclic) bond motifs is 3. The first-order valence-corrected chi connectivity index (χ1v) is 14.5. The van der Waals surface area contributed by atoms with E-state index < -0.39 is 15.9 Å². The third kappa shape index (κ3) is 3.88. The van der Waals surface area contributed by atoms with E-state index in [0.717, 1.165) is 24.0 Å². The van der Waals surface area contributed by atoms with Gasteiger partial charge >= 0.3 is 0 Å². The van der Waals surface area contributed by atoms with Gasteiger partial charge in [-0.25, -0.2) is 18.4 Å². The SMILES string of the molecule is CC(O)c1ncc(-c2cnn3c(N)c(S(C)(=O)=O)c([C@@H]4C[C@H]5CC[C@@H](C4)N5C(=O)c4nnc[nH]4)nc23)s1. The number of aromatic nitrogens is 7. The number of aliphatic hydroxyl groups is 1. The van der Waals surface area contributed by atoms with Crippen LogP contribution >= 0.6 is 11.3 Å². The average molecular weight is 544 g/mol. The molecule has 0 aliphatic carbocycles. The second-order valence-electron chi connectivity index (χ2n) is 9.62. The van der Waals surface area contributed by atoms with Crippen LogP contribution in [0.25, 0.3) is 16.1 Å². The smallest absolute Gasteiger partial charge is 0.292 e. The van der Waals surface area contributed by atoms with E-state index in [1.807, 2.05) is 4.90 Å². The van der Waals surface area contributed by atoms with Gasteiger partial charge in [-0.1, -0.05) is 0 Å². The van der Waals surface area contributed by atoms with E-state index in [1.54, 1.807) is 19.3 Å². The van der Waals surface area contributed by atoms with Crippen molar-refractivity contribution < 1.29 is 18.3 Å². The summed E-state index contributed by atoms with van der Waals surface area (Å²) in [5.41, 5.74) is 7.90. The summed E-state index contributed by atoms with van der Waals surface area (Å²) in [7, 11) is -3.74. The number of hydrogen-bond acceptors (Lipinski definition) is 11. The van der Waals surface area contributed by atoms with Crippen LogP contribution in [0.4, 0.5) is 5.82 Å². The minimum absolute atomic E-state index is 0.00141. The lowest BCUT2D eigenvalue weighted by Crippen LogP contribution is -2.46. The van der Waals surface area contributed by atoms with Gasteiger partial charge in [-0.2, -0.15) is 9.61 Å². The molecule has 4 aromatic rings. The molecule has 4 atom stereocenters. The summed E-state index contributed by atoms with van der Waals surface area (Å²) in [6.45, 7) is 1.64. The third-order valence-corrected chi connectivity index (χ3v) is 9.52. The van der Waals surface area contributed by atoms with Crippen LogP contribution in [-0.2, 0) is 9.84 Å². The molecule has 1 amide bonds. The van der Waals surface area contributed by atoms with E-state index in [4.69, 9.17) is 10.7 Å². The lowest BCUT2D eigenvalue weighted by molar-refractivity contribution is 0.0556. The number of nitrogens with zero attached hydrogens (tertiary/aromatic N) is 7. The second-order valence-corrected chi connectivity index (χ2v) is 12.6. The van der Waals surface area contributed by atoms with Crippen molar-refractivity contribution in [2.45, 2.75) is 61.6 Å². The molecule has 2 aliphatic rings. The average Bonchev–Trinajstić information content (AvgIpc) is 3.63. The normalized spacial score (nSPS) is 22.6. The maximum atomic E-state index is 13.1. The second kappa shape index (κ2) is 8.56. The van der Waals surface area contributed by atoms with Crippen LogP contribution in [0, 0.1) is 0 Å². The molecule has 0 radical (unpaired) electrons. The van der Waals surface area contributed by atoms with E-state index in [1.165, 1.54) is 22.2 Å². The maximum Gasteiger partial charge on any atom is 0.292 e. The number of carbonyl (C=O) groups excluding carboxylic acids is 1. The van der Waals surface area contributed by atoms with Gasteiger partial charge in [-0.15, -0.1) is 21.5 Å². The van der Waals surface area contributed by atoms with E-state index in [9.17, 15) is 18.3 Å². The van der Waals surface area contributed by atoms with E-state index in [2.05, 4.69) is 25.3 Å². The quantitative estimate of drug-likeness (QED) is 0.333. The van der Waals surface area contributed by atoms with Gasteiger partial charge in [0.25, 0.3) is 5.91 Å².